The van der Waals surface area contributed by atoms with E-state index in [0.717, 1.165) is 11.3 Å². The van der Waals surface area contributed by atoms with Gasteiger partial charge in [-0.2, -0.15) is 0 Å². The molecule has 0 unspecified atom stereocenters. The van der Waals surface area contributed by atoms with Gasteiger partial charge in [0.2, 0.25) is 0 Å². The number of carboxylic acid groups (broad SMARTS) is 1. The minimum absolute atomic E-state index is 0.120. The topological polar surface area (TPSA) is 92.7 Å². The van der Waals surface area contributed by atoms with E-state index in [0.29, 0.717) is 24.4 Å². The van der Waals surface area contributed by atoms with Crippen LogP contribution < -0.4 is 5.32 Å². The molecule has 0 fully saturated rings. The Balaban J connectivity index is 2.39. The Morgan fingerprint density at radius 3 is 2.55 bits per heavy atom. The Bertz CT molecular complexity index is 497. The minimum atomic E-state index is -1.05. The first-order valence-electron chi connectivity index (χ1n) is 6.23. The Morgan fingerprint density at radius 2 is 2.00 bits per heavy atom. The number of carbonyl (C=O) groups excluding carboxylic acids is 2. The molecule has 1 heterocycles. The second-order valence-electron chi connectivity index (χ2n) is 4.17. The summed E-state index contributed by atoms with van der Waals surface area (Å²) in [5.41, 5.74) is 0. The summed E-state index contributed by atoms with van der Waals surface area (Å²) in [6, 6.07) is 2.86. The van der Waals surface area contributed by atoms with E-state index in [-0.39, 0.29) is 22.7 Å². The molecule has 0 aliphatic carbocycles. The van der Waals surface area contributed by atoms with Crippen LogP contribution in [0.1, 0.15) is 39.6 Å². The zero-order valence-electron chi connectivity index (χ0n) is 11.3. The molecule has 0 spiro atoms. The third-order valence-corrected chi connectivity index (χ3v) is 3.66. The van der Waals surface area contributed by atoms with Gasteiger partial charge in [-0.05, 0) is 25.5 Å². The molecule has 1 amide bonds. The maximum Gasteiger partial charge on any atom is 0.345 e. The van der Waals surface area contributed by atoms with Crippen LogP contribution in [-0.4, -0.2) is 36.1 Å². The molecule has 6 nitrogen and oxygen atoms in total. The molecule has 0 saturated heterocycles. The van der Waals surface area contributed by atoms with E-state index in [2.05, 4.69) is 5.32 Å². The van der Waals surface area contributed by atoms with Gasteiger partial charge in [-0.15, -0.1) is 11.3 Å². The number of thiophene rings is 1. The Morgan fingerprint density at radius 1 is 1.35 bits per heavy atom. The first kappa shape index (κ1) is 16.2. The summed E-state index contributed by atoms with van der Waals surface area (Å²) in [6.07, 6.45) is 0.474. The van der Waals surface area contributed by atoms with Gasteiger partial charge in [-0.25, -0.2) is 4.79 Å². The van der Waals surface area contributed by atoms with Gasteiger partial charge in [-0.3, -0.25) is 9.59 Å². The quantitative estimate of drug-likeness (QED) is 0.748. The highest BCUT2D eigenvalue weighted by Gasteiger charge is 2.15. The molecule has 0 saturated carbocycles. The number of amides is 1. The predicted molar refractivity (Wildman–Crippen MR) is 74.0 cm³/mol. The van der Waals surface area contributed by atoms with E-state index in [1.54, 1.807) is 13.8 Å². The van der Waals surface area contributed by atoms with Crippen molar-refractivity contribution in [2.75, 3.05) is 13.2 Å². The van der Waals surface area contributed by atoms with Crippen LogP contribution >= 0.6 is 11.3 Å². The smallest absolute Gasteiger partial charge is 0.345 e. The maximum atomic E-state index is 11.7. The summed E-state index contributed by atoms with van der Waals surface area (Å²) in [5, 5.41) is 11.4. The van der Waals surface area contributed by atoms with Gasteiger partial charge in [0, 0.05) is 6.54 Å². The predicted octanol–water partition coefficient (Wildman–Crippen LogP) is 1.77. The number of nitrogens with one attached hydrogen (secondary N) is 1. The zero-order chi connectivity index (χ0) is 15.1. The van der Waals surface area contributed by atoms with Crippen LogP contribution in [0.5, 0.6) is 0 Å². The number of hydrogen-bond acceptors (Lipinski definition) is 5. The molecule has 0 aliphatic rings. The highest BCUT2D eigenvalue weighted by Crippen LogP contribution is 2.16. The third-order valence-electron chi connectivity index (χ3n) is 2.59. The standard InChI is InChI=1S/C13H17NO5S/c1-3-19-13(18)8(2)6-7-14-11(15)9-4-5-10(20-9)12(16)17/h4-5,8H,3,6-7H2,1-2H3,(H,14,15)(H,16,17)/t8-/m1/s1. The fourth-order valence-corrected chi connectivity index (χ4v) is 2.23. The van der Waals surface area contributed by atoms with Gasteiger partial charge < -0.3 is 15.2 Å². The van der Waals surface area contributed by atoms with Crippen molar-refractivity contribution >= 4 is 29.2 Å². The molecule has 2 N–H and O–H groups in total. The molecule has 0 aliphatic heterocycles. The summed E-state index contributed by atoms with van der Waals surface area (Å²) < 4.78 is 4.86. The molecule has 1 rings (SSSR count). The van der Waals surface area contributed by atoms with Crippen molar-refractivity contribution in [1.82, 2.24) is 5.32 Å². The van der Waals surface area contributed by atoms with Crippen molar-refractivity contribution in [3.8, 4) is 0 Å². The van der Waals surface area contributed by atoms with Crippen LogP contribution in [0.3, 0.4) is 0 Å². The number of ether oxygens (including phenoxy) is 1. The van der Waals surface area contributed by atoms with Crippen molar-refractivity contribution in [2.24, 2.45) is 5.92 Å². The second kappa shape index (κ2) is 7.64. The summed E-state index contributed by atoms with van der Waals surface area (Å²) in [5.74, 6) is -1.96. The van der Waals surface area contributed by atoms with Gasteiger partial charge in [0.1, 0.15) is 4.88 Å². The average Bonchev–Trinajstić information content (AvgIpc) is 2.88. The second-order valence-corrected chi connectivity index (χ2v) is 5.25. The number of carboxylic acids is 1. The van der Waals surface area contributed by atoms with Crippen LogP contribution in [0.25, 0.3) is 0 Å². The molecule has 7 heteroatoms. The van der Waals surface area contributed by atoms with Crippen LogP contribution in [0.2, 0.25) is 0 Å². The van der Waals surface area contributed by atoms with Crippen molar-refractivity contribution in [3.05, 3.63) is 21.9 Å². The van der Waals surface area contributed by atoms with E-state index in [9.17, 15) is 14.4 Å². The summed E-state index contributed by atoms with van der Waals surface area (Å²) >= 11 is 0.919. The number of hydrogen-bond donors (Lipinski definition) is 2. The van der Waals surface area contributed by atoms with Crippen molar-refractivity contribution in [1.29, 1.82) is 0 Å². The minimum Gasteiger partial charge on any atom is -0.477 e. The fraction of sp³-hybridized carbons (Fsp3) is 0.462. The monoisotopic (exact) mass is 299 g/mol. The fourth-order valence-electron chi connectivity index (χ4n) is 1.47. The Labute approximate surface area is 120 Å². The maximum absolute atomic E-state index is 11.7. The molecule has 20 heavy (non-hydrogen) atoms. The Kier molecular flexibility index (Phi) is 6.17. The van der Waals surface area contributed by atoms with Crippen molar-refractivity contribution < 1.29 is 24.2 Å². The van der Waals surface area contributed by atoms with Crippen LogP contribution in [0.15, 0.2) is 12.1 Å². The number of rotatable bonds is 7. The van der Waals surface area contributed by atoms with Crippen LogP contribution in [0.4, 0.5) is 0 Å². The Hall–Kier alpha value is -1.89. The van der Waals surface area contributed by atoms with Gasteiger partial charge >= 0.3 is 11.9 Å². The molecule has 1 atom stereocenters. The summed E-state index contributed by atoms with van der Waals surface area (Å²) in [4.78, 5) is 34.3. The van der Waals surface area contributed by atoms with Crippen LogP contribution in [-0.2, 0) is 9.53 Å². The largest absolute Gasteiger partial charge is 0.477 e. The van der Waals surface area contributed by atoms with Crippen molar-refractivity contribution in [2.45, 2.75) is 20.3 Å². The number of esters is 1. The van der Waals surface area contributed by atoms with E-state index < -0.39 is 5.97 Å². The summed E-state index contributed by atoms with van der Waals surface area (Å²) in [6.45, 7) is 4.14. The lowest BCUT2D eigenvalue weighted by atomic mass is 10.1. The molecular formula is C13H17NO5S. The molecule has 0 bridgehead atoms. The lowest BCUT2D eigenvalue weighted by molar-refractivity contribution is -0.147. The van der Waals surface area contributed by atoms with Gasteiger partial charge in [0.05, 0.1) is 17.4 Å². The zero-order valence-corrected chi connectivity index (χ0v) is 12.2. The lowest BCUT2D eigenvalue weighted by Gasteiger charge is -2.10. The normalized spacial score (nSPS) is 11.7. The molecule has 110 valence electrons. The molecule has 0 aromatic carbocycles. The van der Waals surface area contributed by atoms with Gasteiger partial charge in [0.15, 0.2) is 0 Å². The first-order chi connectivity index (χ1) is 9.45. The number of carbonyl (C=O) groups is 3. The SMILES string of the molecule is CCOC(=O)[C@H](C)CCNC(=O)c1ccc(C(=O)O)s1. The van der Waals surface area contributed by atoms with E-state index >= 15 is 0 Å². The summed E-state index contributed by atoms with van der Waals surface area (Å²) in [7, 11) is 0. The molecular weight excluding hydrogens is 282 g/mol. The molecule has 1 aromatic rings. The van der Waals surface area contributed by atoms with E-state index in [1.807, 2.05) is 0 Å². The van der Waals surface area contributed by atoms with Gasteiger partial charge in [-0.1, -0.05) is 6.92 Å². The average molecular weight is 299 g/mol. The first-order valence-corrected chi connectivity index (χ1v) is 7.05. The van der Waals surface area contributed by atoms with Crippen molar-refractivity contribution in [3.63, 3.8) is 0 Å². The van der Waals surface area contributed by atoms with E-state index in [4.69, 9.17) is 9.84 Å². The van der Waals surface area contributed by atoms with Crippen LogP contribution in [0, 0.1) is 5.92 Å². The highest BCUT2D eigenvalue weighted by atomic mass is 32.1. The molecule has 0 radical (unpaired) electrons. The number of aromatic carboxylic acids is 1. The van der Waals surface area contributed by atoms with Gasteiger partial charge in [0.25, 0.3) is 5.91 Å². The highest BCUT2D eigenvalue weighted by molar-refractivity contribution is 7.15. The lowest BCUT2D eigenvalue weighted by Crippen LogP contribution is -2.27. The van der Waals surface area contributed by atoms with E-state index in [1.165, 1.54) is 12.1 Å². The molecule has 1 aromatic heterocycles. The third kappa shape index (κ3) is 4.65.